The van der Waals surface area contributed by atoms with Crippen molar-refractivity contribution in [3.8, 4) is 0 Å². The van der Waals surface area contributed by atoms with Crippen LogP contribution in [0.25, 0.3) is 0 Å². The normalized spacial score (nSPS) is 19.9. The summed E-state index contributed by atoms with van der Waals surface area (Å²) in [5, 5.41) is 54.5. The molecule has 7 unspecified atom stereocenters. The van der Waals surface area contributed by atoms with Crippen molar-refractivity contribution in [2.45, 2.75) is 262 Å². The molecular formula is C66H109NO8. The number of aliphatic hydroxyl groups is 5. The molecule has 9 nitrogen and oxygen atoms in total. The van der Waals surface area contributed by atoms with Gasteiger partial charge in [-0.05, 0) is 109 Å². The van der Waals surface area contributed by atoms with Crippen LogP contribution in [0.2, 0.25) is 0 Å². The Kier molecular flexibility index (Phi) is 49.7. The molecule has 6 N–H and O–H groups in total. The number of hydrogen-bond donors (Lipinski definition) is 6. The highest BCUT2D eigenvalue weighted by atomic mass is 16.7. The highest BCUT2D eigenvalue weighted by Gasteiger charge is 2.44. The fourth-order valence-corrected chi connectivity index (χ4v) is 8.50. The van der Waals surface area contributed by atoms with Crippen molar-refractivity contribution in [2.24, 2.45) is 0 Å². The summed E-state index contributed by atoms with van der Waals surface area (Å²) < 4.78 is 11.2. The number of carbonyl (C=O) groups excluding carboxylic acids is 1. The molecule has 7 atom stereocenters. The Labute approximate surface area is 458 Å². The van der Waals surface area contributed by atoms with E-state index in [1.807, 2.05) is 6.08 Å². The lowest BCUT2D eigenvalue weighted by Crippen LogP contribution is -2.60. The second-order valence-electron chi connectivity index (χ2n) is 20.0. The number of hydrogen-bond acceptors (Lipinski definition) is 8. The molecule has 1 amide bonds. The molecule has 0 aliphatic carbocycles. The minimum atomic E-state index is -1.59. The van der Waals surface area contributed by atoms with Crippen LogP contribution in [0.3, 0.4) is 0 Å². The van der Waals surface area contributed by atoms with Crippen molar-refractivity contribution in [2.75, 3.05) is 13.2 Å². The Hall–Kier alpha value is -3.67. The highest BCUT2D eigenvalue weighted by molar-refractivity contribution is 5.76. The van der Waals surface area contributed by atoms with Gasteiger partial charge in [0.1, 0.15) is 24.4 Å². The van der Waals surface area contributed by atoms with Crippen molar-refractivity contribution in [3.63, 3.8) is 0 Å². The van der Waals surface area contributed by atoms with Gasteiger partial charge in [-0.1, -0.05) is 237 Å². The first-order valence-electron chi connectivity index (χ1n) is 29.9. The molecule has 0 aromatic heterocycles. The zero-order valence-corrected chi connectivity index (χ0v) is 47.2. The molecule has 0 bridgehead atoms. The van der Waals surface area contributed by atoms with E-state index in [1.165, 1.54) is 96.3 Å². The SMILES string of the molecule is CC/C=C\C/C=C\C/C=C\C/C=C\C/C=C\C/C=C\C/C=C\C/C=C\CCCCC(=O)NC(COC1OC(CO)C(O)C(O)C1O)C(O)/C=C/CC/C=C/CC/C=C/CCCCCCCCCCCCCCCCC. The molecular weight excluding hydrogens is 935 g/mol. The largest absolute Gasteiger partial charge is 0.394 e. The van der Waals surface area contributed by atoms with Gasteiger partial charge >= 0.3 is 0 Å². The number of allylic oxidation sites excluding steroid dienone is 21. The van der Waals surface area contributed by atoms with Gasteiger partial charge in [-0.25, -0.2) is 0 Å². The van der Waals surface area contributed by atoms with E-state index in [1.54, 1.807) is 6.08 Å². The molecule has 1 fully saturated rings. The average Bonchev–Trinajstić information content (AvgIpc) is 3.41. The van der Waals surface area contributed by atoms with Gasteiger partial charge < -0.3 is 40.3 Å². The molecule has 1 rings (SSSR count). The van der Waals surface area contributed by atoms with E-state index in [4.69, 9.17) is 9.47 Å². The zero-order chi connectivity index (χ0) is 54.3. The predicted octanol–water partition coefficient (Wildman–Crippen LogP) is 15.3. The summed E-state index contributed by atoms with van der Waals surface area (Å²) in [4.78, 5) is 13.1. The molecule has 426 valence electrons. The first-order chi connectivity index (χ1) is 36.8. The van der Waals surface area contributed by atoms with E-state index in [-0.39, 0.29) is 18.9 Å². The molecule has 0 spiro atoms. The second-order valence-corrected chi connectivity index (χ2v) is 20.0. The zero-order valence-electron chi connectivity index (χ0n) is 47.2. The monoisotopic (exact) mass is 1040 g/mol. The number of aliphatic hydroxyl groups excluding tert-OH is 5. The number of nitrogens with one attached hydrogen (secondary N) is 1. The summed E-state index contributed by atoms with van der Waals surface area (Å²) in [5.41, 5.74) is 0. The first-order valence-corrected chi connectivity index (χ1v) is 29.9. The van der Waals surface area contributed by atoms with Gasteiger partial charge in [-0.2, -0.15) is 0 Å². The minimum Gasteiger partial charge on any atom is -0.394 e. The Morgan fingerprint density at radius 2 is 0.840 bits per heavy atom. The Balaban J connectivity index is 2.32. The number of unbranched alkanes of at least 4 members (excludes halogenated alkanes) is 19. The van der Waals surface area contributed by atoms with Crippen molar-refractivity contribution in [1.29, 1.82) is 0 Å². The van der Waals surface area contributed by atoms with Crippen LogP contribution < -0.4 is 5.32 Å². The third-order valence-corrected chi connectivity index (χ3v) is 13.2. The highest BCUT2D eigenvalue weighted by Crippen LogP contribution is 2.23. The fourth-order valence-electron chi connectivity index (χ4n) is 8.50. The molecule has 0 radical (unpaired) electrons. The average molecular weight is 1040 g/mol. The molecule has 1 aliphatic heterocycles. The molecule has 75 heavy (non-hydrogen) atoms. The second kappa shape index (κ2) is 53.7. The lowest BCUT2D eigenvalue weighted by atomic mass is 9.99. The maximum absolute atomic E-state index is 13.1. The third-order valence-electron chi connectivity index (χ3n) is 13.2. The van der Waals surface area contributed by atoms with E-state index < -0.39 is 49.5 Å². The lowest BCUT2D eigenvalue weighted by molar-refractivity contribution is -0.302. The number of amides is 1. The van der Waals surface area contributed by atoms with Gasteiger partial charge in [0.25, 0.3) is 0 Å². The van der Waals surface area contributed by atoms with Gasteiger partial charge in [0, 0.05) is 6.42 Å². The predicted molar refractivity (Wildman–Crippen MR) is 317 cm³/mol. The number of ether oxygens (including phenoxy) is 2. The van der Waals surface area contributed by atoms with Gasteiger partial charge in [-0.15, -0.1) is 0 Å². The van der Waals surface area contributed by atoms with Crippen LogP contribution in [-0.4, -0.2) is 87.5 Å². The van der Waals surface area contributed by atoms with Crippen LogP contribution in [0.15, 0.2) is 134 Å². The lowest BCUT2D eigenvalue weighted by Gasteiger charge is -2.40. The fraction of sp³-hybridized carbons (Fsp3) is 0.652. The van der Waals surface area contributed by atoms with Crippen LogP contribution in [0, 0.1) is 0 Å². The van der Waals surface area contributed by atoms with Crippen LogP contribution >= 0.6 is 0 Å². The minimum absolute atomic E-state index is 0.233. The summed E-state index contributed by atoms with van der Waals surface area (Å²) in [6.45, 7) is 3.62. The standard InChI is InChI=1S/C66H109NO8/c1-3-5-7-9-11-13-15-17-19-21-23-25-27-29-30-32-34-36-38-40-42-44-46-48-50-52-54-56-62(70)67-59(58-74-66-65(73)64(72)63(71)61(57-68)75-66)60(69)55-53-51-49-47-45-43-41-39-37-35-33-31-28-26-24-22-20-18-16-14-12-10-8-6-4-2/h5,7,11,13,17,19,23,25,29-30,34,36-37,39-40,42,45-48,53,55,59-61,63-66,68-69,71-73H,3-4,6,8-10,12,14-16,18,20-22,24,26-28,31-33,35,38,41,43-44,49-52,54,56-58H2,1-2H3,(H,67,70)/b7-5-,13-11-,19-17-,25-23-,30-29-,36-34-,39-37+,42-40-,47-45+,48-46-,55-53+. The molecule has 1 saturated heterocycles. The van der Waals surface area contributed by atoms with Gasteiger partial charge in [0.15, 0.2) is 6.29 Å². The first kappa shape index (κ1) is 69.3. The van der Waals surface area contributed by atoms with E-state index in [9.17, 15) is 30.3 Å². The van der Waals surface area contributed by atoms with Gasteiger partial charge in [-0.3, -0.25) is 4.79 Å². The molecule has 0 saturated carbocycles. The van der Waals surface area contributed by atoms with Crippen molar-refractivity contribution in [3.05, 3.63) is 134 Å². The summed E-state index contributed by atoms with van der Waals surface area (Å²) in [7, 11) is 0. The van der Waals surface area contributed by atoms with E-state index in [0.29, 0.717) is 12.8 Å². The maximum atomic E-state index is 13.1. The van der Waals surface area contributed by atoms with Gasteiger partial charge in [0.2, 0.25) is 5.91 Å². The number of carbonyl (C=O) groups is 1. The topological polar surface area (TPSA) is 149 Å². The van der Waals surface area contributed by atoms with Crippen molar-refractivity contribution in [1.82, 2.24) is 5.32 Å². The Bertz CT molecular complexity index is 1640. The summed E-state index contributed by atoms with van der Waals surface area (Å²) in [6, 6.07) is -0.863. The quantitative estimate of drug-likeness (QED) is 0.0261. The smallest absolute Gasteiger partial charge is 0.220 e. The Morgan fingerprint density at radius 3 is 1.28 bits per heavy atom. The van der Waals surface area contributed by atoms with Crippen LogP contribution in [0.5, 0.6) is 0 Å². The molecule has 1 aliphatic rings. The number of rotatable bonds is 49. The van der Waals surface area contributed by atoms with Crippen molar-refractivity contribution < 1.29 is 39.8 Å². The van der Waals surface area contributed by atoms with Crippen LogP contribution in [-0.2, 0) is 14.3 Å². The van der Waals surface area contributed by atoms with Crippen molar-refractivity contribution >= 4 is 5.91 Å². The summed E-state index contributed by atoms with van der Waals surface area (Å²) >= 11 is 0. The maximum Gasteiger partial charge on any atom is 0.220 e. The summed E-state index contributed by atoms with van der Waals surface area (Å²) in [5.74, 6) is -0.238. The molecule has 0 aromatic carbocycles. The van der Waals surface area contributed by atoms with Crippen LogP contribution in [0.1, 0.15) is 219 Å². The molecule has 1 heterocycles. The molecule has 0 aromatic rings. The van der Waals surface area contributed by atoms with Crippen LogP contribution in [0.4, 0.5) is 0 Å². The summed E-state index contributed by atoms with van der Waals surface area (Å²) in [6.07, 6.45) is 75.2. The van der Waals surface area contributed by atoms with E-state index in [2.05, 4.69) is 141 Å². The van der Waals surface area contributed by atoms with E-state index >= 15 is 0 Å². The third kappa shape index (κ3) is 43.1. The van der Waals surface area contributed by atoms with E-state index in [0.717, 1.165) is 89.9 Å². The Morgan fingerprint density at radius 1 is 0.467 bits per heavy atom. The molecule has 9 heteroatoms. The van der Waals surface area contributed by atoms with Gasteiger partial charge in [0.05, 0.1) is 25.4 Å².